The van der Waals surface area contributed by atoms with Gasteiger partial charge in [0.05, 0.1) is 6.54 Å². The Labute approximate surface area is 222 Å². The SMILES string of the molecule is CC(C)(C)OC(=O)NCC(=O)NCCCC[C@@H](NC(=O)OCC1c2ccccc2-c2ccccc21)C(=O)O. The van der Waals surface area contributed by atoms with Crippen molar-refractivity contribution in [2.75, 3.05) is 19.7 Å². The van der Waals surface area contributed by atoms with Crippen LogP contribution in [0.5, 0.6) is 0 Å². The van der Waals surface area contributed by atoms with E-state index in [0.29, 0.717) is 19.4 Å². The number of nitrogens with one attached hydrogen (secondary N) is 3. The molecule has 0 saturated heterocycles. The number of carbonyl (C=O) groups is 4. The Morgan fingerprint density at radius 1 is 0.895 bits per heavy atom. The Kier molecular flexibility index (Phi) is 9.70. The summed E-state index contributed by atoms with van der Waals surface area (Å²) >= 11 is 0. The van der Waals surface area contributed by atoms with Crippen molar-refractivity contribution in [2.45, 2.75) is 57.6 Å². The van der Waals surface area contributed by atoms with Gasteiger partial charge in [-0.15, -0.1) is 0 Å². The highest BCUT2D eigenvalue weighted by molar-refractivity contribution is 5.82. The lowest BCUT2D eigenvalue weighted by Gasteiger charge is -2.19. The Hall–Kier alpha value is -4.08. The number of rotatable bonds is 11. The highest BCUT2D eigenvalue weighted by Gasteiger charge is 2.29. The van der Waals surface area contributed by atoms with Crippen molar-refractivity contribution in [2.24, 2.45) is 0 Å². The van der Waals surface area contributed by atoms with Crippen molar-refractivity contribution in [3.05, 3.63) is 59.7 Å². The zero-order valence-corrected chi connectivity index (χ0v) is 21.9. The largest absolute Gasteiger partial charge is 0.480 e. The number of carbonyl (C=O) groups excluding carboxylic acids is 3. The first-order valence-electron chi connectivity index (χ1n) is 12.6. The first-order chi connectivity index (χ1) is 18.0. The fourth-order valence-electron chi connectivity index (χ4n) is 4.27. The number of carboxylic acid groups (broad SMARTS) is 1. The molecule has 38 heavy (non-hydrogen) atoms. The third-order valence-corrected chi connectivity index (χ3v) is 5.97. The smallest absolute Gasteiger partial charge is 0.408 e. The lowest BCUT2D eigenvalue weighted by atomic mass is 9.98. The van der Waals surface area contributed by atoms with E-state index in [0.717, 1.165) is 22.3 Å². The van der Waals surface area contributed by atoms with Crippen LogP contribution >= 0.6 is 0 Å². The summed E-state index contributed by atoms with van der Waals surface area (Å²) in [5.74, 6) is -1.67. The predicted molar refractivity (Wildman–Crippen MR) is 141 cm³/mol. The minimum Gasteiger partial charge on any atom is -0.480 e. The van der Waals surface area contributed by atoms with Crippen LogP contribution in [0.1, 0.15) is 57.1 Å². The number of fused-ring (bicyclic) bond motifs is 3. The van der Waals surface area contributed by atoms with E-state index in [2.05, 4.69) is 16.0 Å². The monoisotopic (exact) mass is 525 g/mol. The molecule has 0 saturated carbocycles. The van der Waals surface area contributed by atoms with Crippen molar-refractivity contribution >= 4 is 24.1 Å². The molecule has 0 aromatic heterocycles. The maximum atomic E-state index is 12.4. The summed E-state index contributed by atoms with van der Waals surface area (Å²) in [6, 6.07) is 14.8. The van der Waals surface area contributed by atoms with Gasteiger partial charge in [-0.25, -0.2) is 14.4 Å². The van der Waals surface area contributed by atoms with E-state index in [9.17, 15) is 24.3 Å². The van der Waals surface area contributed by atoms with Crippen LogP contribution in [-0.2, 0) is 19.1 Å². The molecule has 0 heterocycles. The van der Waals surface area contributed by atoms with Gasteiger partial charge in [-0.1, -0.05) is 48.5 Å². The molecule has 0 radical (unpaired) electrons. The van der Waals surface area contributed by atoms with E-state index in [4.69, 9.17) is 9.47 Å². The molecule has 0 bridgehead atoms. The summed E-state index contributed by atoms with van der Waals surface area (Å²) in [5, 5.41) is 17.0. The molecule has 1 aliphatic rings. The van der Waals surface area contributed by atoms with Gasteiger partial charge in [-0.3, -0.25) is 4.79 Å². The average molecular weight is 526 g/mol. The second-order valence-corrected chi connectivity index (χ2v) is 10.1. The zero-order chi connectivity index (χ0) is 27.7. The first-order valence-corrected chi connectivity index (χ1v) is 12.6. The molecule has 2 aromatic carbocycles. The van der Waals surface area contributed by atoms with Gasteiger partial charge in [0.1, 0.15) is 18.2 Å². The number of unbranched alkanes of at least 4 members (excludes halogenated alkanes) is 1. The summed E-state index contributed by atoms with van der Waals surface area (Å²) in [4.78, 5) is 47.5. The highest BCUT2D eigenvalue weighted by atomic mass is 16.6. The van der Waals surface area contributed by atoms with Crippen LogP contribution in [0.25, 0.3) is 11.1 Å². The summed E-state index contributed by atoms with van der Waals surface area (Å²) in [7, 11) is 0. The summed E-state index contributed by atoms with van der Waals surface area (Å²) in [6.45, 7) is 5.33. The molecule has 0 aliphatic heterocycles. The molecule has 0 spiro atoms. The Morgan fingerprint density at radius 3 is 2.08 bits per heavy atom. The van der Waals surface area contributed by atoms with Crippen LogP contribution in [0.4, 0.5) is 9.59 Å². The van der Waals surface area contributed by atoms with Gasteiger partial charge in [0.15, 0.2) is 0 Å². The zero-order valence-electron chi connectivity index (χ0n) is 21.9. The van der Waals surface area contributed by atoms with E-state index >= 15 is 0 Å². The van der Waals surface area contributed by atoms with Crippen molar-refractivity contribution in [1.82, 2.24) is 16.0 Å². The quantitative estimate of drug-likeness (QED) is 0.327. The van der Waals surface area contributed by atoms with Crippen LogP contribution in [0.2, 0.25) is 0 Å². The second-order valence-electron chi connectivity index (χ2n) is 10.1. The second kappa shape index (κ2) is 12.9. The fourth-order valence-corrected chi connectivity index (χ4v) is 4.27. The lowest BCUT2D eigenvalue weighted by Crippen LogP contribution is -2.41. The van der Waals surface area contributed by atoms with Gasteiger partial charge in [0, 0.05) is 12.5 Å². The fraction of sp³-hybridized carbons (Fsp3) is 0.429. The highest BCUT2D eigenvalue weighted by Crippen LogP contribution is 2.44. The van der Waals surface area contributed by atoms with E-state index in [-0.39, 0.29) is 31.4 Å². The molecule has 3 rings (SSSR count). The molecule has 2 aromatic rings. The average Bonchev–Trinajstić information content (AvgIpc) is 3.18. The molecule has 4 N–H and O–H groups in total. The standard InChI is InChI=1S/C28H35N3O7/c1-28(2,3)38-26(35)30-16-24(32)29-15-9-8-14-23(25(33)34)31-27(36)37-17-22-20-12-6-4-10-18(20)19-11-5-7-13-21(19)22/h4-7,10-13,22-23H,8-9,14-17H2,1-3H3,(H,29,32)(H,30,35)(H,31,36)(H,33,34)/t23-/m1/s1. The molecule has 0 fully saturated rings. The summed E-state index contributed by atoms with van der Waals surface area (Å²) in [6.07, 6.45) is -0.364. The molecule has 0 unspecified atom stereocenters. The molecule has 1 aliphatic carbocycles. The number of hydrogen-bond donors (Lipinski definition) is 4. The van der Waals surface area contributed by atoms with Gasteiger partial charge >= 0.3 is 18.2 Å². The molecule has 3 amide bonds. The molecule has 10 heteroatoms. The third kappa shape index (κ3) is 8.22. The normalized spacial score (nSPS) is 13.0. The van der Waals surface area contributed by atoms with Gasteiger partial charge < -0.3 is 30.5 Å². The van der Waals surface area contributed by atoms with Crippen molar-refractivity contribution in [3.8, 4) is 11.1 Å². The maximum Gasteiger partial charge on any atom is 0.408 e. The number of carboxylic acids is 1. The summed E-state index contributed by atoms with van der Waals surface area (Å²) < 4.78 is 10.5. The Bertz CT molecular complexity index is 1110. The number of benzene rings is 2. The van der Waals surface area contributed by atoms with Crippen LogP contribution in [0, 0.1) is 0 Å². The number of ether oxygens (including phenoxy) is 2. The summed E-state index contributed by atoms with van der Waals surface area (Å²) in [5.41, 5.74) is 3.69. The topological polar surface area (TPSA) is 143 Å². The van der Waals surface area contributed by atoms with Crippen molar-refractivity contribution in [1.29, 1.82) is 0 Å². The van der Waals surface area contributed by atoms with E-state index in [1.54, 1.807) is 20.8 Å². The predicted octanol–water partition coefficient (Wildman–Crippen LogP) is 3.79. The molecule has 10 nitrogen and oxygen atoms in total. The molecular formula is C28H35N3O7. The minimum atomic E-state index is -1.16. The lowest BCUT2D eigenvalue weighted by molar-refractivity contribution is -0.139. The van der Waals surface area contributed by atoms with E-state index < -0.39 is 29.8 Å². The number of amides is 3. The third-order valence-electron chi connectivity index (χ3n) is 5.97. The Balaban J connectivity index is 1.38. The van der Waals surface area contributed by atoms with E-state index in [1.165, 1.54) is 0 Å². The van der Waals surface area contributed by atoms with Gasteiger partial charge in [-0.05, 0) is 62.3 Å². The first kappa shape index (κ1) is 28.5. The molecule has 1 atom stereocenters. The Morgan fingerprint density at radius 2 is 1.50 bits per heavy atom. The van der Waals surface area contributed by atoms with Crippen LogP contribution in [0.3, 0.4) is 0 Å². The minimum absolute atomic E-state index is 0.0928. The van der Waals surface area contributed by atoms with Gasteiger partial charge in [0.2, 0.25) is 5.91 Å². The van der Waals surface area contributed by atoms with Crippen LogP contribution < -0.4 is 16.0 Å². The van der Waals surface area contributed by atoms with E-state index in [1.807, 2.05) is 48.5 Å². The molecular weight excluding hydrogens is 490 g/mol. The van der Waals surface area contributed by atoms with Crippen LogP contribution in [-0.4, -0.2) is 60.5 Å². The molecule has 204 valence electrons. The number of hydrogen-bond acceptors (Lipinski definition) is 6. The maximum absolute atomic E-state index is 12.4. The van der Waals surface area contributed by atoms with Crippen molar-refractivity contribution in [3.63, 3.8) is 0 Å². The van der Waals surface area contributed by atoms with Gasteiger partial charge in [0.25, 0.3) is 0 Å². The van der Waals surface area contributed by atoms with Crippen LogP contribution in [0.15, 0.2) is 48.5 Å². The number of aliphatic carboxylic acids is 1. The number of alkyl carbamates (subject to hydrolysis) is 2. The van der Waals surface area contributed by atoms with Crippen molar-refractivity contribution < 1.29 is 33.8 Å². The van der Waals surface area contributed by atoms with Gasteiger partial charge in [-0.2, -0.15) is 0 Å².